The number of esters is 1. The molecule has 4 heteroatoms. The molecule has 0 aliphatic heterocycles. The summed E-state index contributed by atoms with van der Waals surface area (Å²) in [5, 5.41) is 3.16. The standard InChI is InChI=1S/C16H31NO3/c1-4-6-7-8-9-12-20-14-10-11-16(13-14,17-3)15(18)19-5-2/h14,17H,4-13H2,1-3H3. The van der Waals surface area contributed by atoms with Crippen molar-refractivity contribution in [3.63, 3.8) is 0 Å². The summed E-state index contributed by atoms with van der Waals surface area (Å²) in [5.41, 5.74) is -0.525. The first-order valence-electron chi connectivity index (χ1n) is 8.16. The van der Waals surface area contributed by atoms with E-state index in [1.165, 1.54) is 25.7 Å². The number of hydrogen-bond donors (Lipinski definition) is 1. The molecule has 20 heavy (non-hydrogen) atoms. The van der Waals surface area contributed by atoms with Crippen LogP contribution in [0.25, 0.3) is 0 Å². The summed E-state index contributed by atoms with van der Waals surface area (Å²) in [5.74, 6) is -0.128. The highest BCUT2D eigenvalue weighted by Crippen LogP contribution is 2.33. The zero-order valence-corrected chi connectivity index (χ0v) is 13.4. The maximum atomic E-state index is 12.1. The third kappa shape index (κ3) is 5.06. The van der Waals surface area contributed by atoms with Crippen molar-refractivity contribution in [2.45, 2.75) is 76.9 Å². The van der Waals surface area contributed by atoms with E-state index in [2.05, 4.69) is 12.2 Å². The highest BCUT2D eigenvalue weighted by molar-refractivity contribution is 5.81. The maximum absolute atomic E-state index is 12.1. The van der Waals surface area contributed by atoms with E-state index in [0.29, 0.717) is 6.61 Å². The maximum Gasteiger partial charge on any atom is 0.326 e. The Hall–Kier alpha value is -0.610. The van der Waals surface area contributed by atoms with Gasteiger partial charge in [-0.2, -0.15) is 0 Å². The number of rotatable bonds is 10. The molecule has 2 atom stereocenters. The zero-order chi connectivity index (χ0) is 14.8. The molecule has 1 saturated carbocycles. The van der Waals surface area contributed by atoms with Gasteiger partial charge in [0.2, 0.25) is 0 Å². The van der Waals surface area contributed by atoms with Crippen molar-refractivity contribution in [1.29, 1.82) is 0 Å². The molecule has 0 aromatic rings. The van der Waals surface area contributed by atoms with Gasteiger partial charge in [-0.25, -0.2) is 0 Å². The quantitative estimate of drug-likeness (QED) is 0.495. The van der Waals surface area contributed by atoms with E-state index < -0.39 is 5.54 Å². The lowest BCUT2D eigenvalue weighted by Crippen LogP contribution is -2.49. The van der Waals surface area contributed by atoms with Gasteiger partial charge in [-0.1, -0.05) is 32.6 Å². The Bertz CT molecular complexity index is 283. The average Bonchev–Trinajstić information content (AvgIpc) is 2.88. The molecule has 1 aliphatic carbocycles. The van der Waals surface area contributed by atoms with E-state index in [4.69, 9.17) is 9.47 Å². The Morgan fingerprint density at radius 1 is 1.25 bits per heavy atom. The van der Waals surface area contributed by atoms with E-state index in [9.17, 15) is 4.79 Å². The third-order valence-electron chi connectivity index (χ3n) is 4.22. The lowest BCUT2D eigenvalue weighted by atomic mass is 9.98. The monoisotopic (exact) mass is 285 g/mol. The van der Waals surface area contributed by atoms with E-state index >= 15 is 0 Å². The first-order chi connectivity index (χ1) is 9.68. The van der Waals surface area contributed by atoms with E-state index in [1.807, 2.05) is 14.0 Å². The zero-order valence-electron chi connectivity index (χ0n) is 13.4. The second-order valence-corrected chi connectivity index (χ2v) is 5.70. The fraction of sp³-hybridized carbons (Fsp3) is 0.938. The van der Waals surface area contributed by atoms with Gasteiger partial charge in [-0.15, -0.1) is 0 Å². The van der Waals surface area contributed by atoms with Gasteiger partial charge in [-0.05, 0) is 33.2 Å². The summed E-state index contributed by atoms with van der Waals surface area (Å²) in [6, 6.07) is 0. The van der Waals surface area contributed by atoms with Crippen molar-refractivity contribution in [2.24, 2.45) is 0 Å². The van der Waals surface area contributed by atoms with Crippen molar-refractivity contribution in [3.8, 4) is 0 Å². The molecule has 1 rings (SSSR count). The molecule has 0 spiro atoms. The Labute approximate surface area is 123 Å². The highest BCUT2D eigenvalue weighted by atomic mass is 16.5. The minimum absolute atomic E-state index is 0.128. The predicted octanol–water partition coefficient (Wildman–Crippen LogP) is 3.05. The SMILES string of the molecule is CCCCCCCOC1CCC(NC)(C(=O)OCC)C1. The van der Waals surface area contributed by atoms with Gasteiger partial charge in [0.15, 0.2) is 0 Å². The van der Waals surface area contributed by atoms with E-state index in [0.717, 1.165) is 32.3 Å². The second-order valence-electron chi connectivity index (χ2n) is 5.70. The number of carbonyl (C=O) groups is 1. The molecule has 0 aromatic heterocycles. The van der Waals surface area contributed by atoms with Crippen LogP contribution in [-0.4, -0.2) is 37.9 Å². The van der Waals surface area contributed by atoms with Gasteiger partial charge in [0.1, 0.15) is 5.54 Å². The van der Waals surface area contributed by atoms with Crippen LogP contribution < -0.4 is 5.32 Å². The number of ether oxygens (including phenoxy) is 2. The number of likely N-dealkylation sites (N-methyl/N-ethyl adjacent to an activating group) is 1. The van der Waals surface area contributed by atoms with Gasteiger partial charge in [0.05, 0.1) is 12.7 Å². The van der Waals surface area contributed by atoms with Crippen LogP contribution in [-0.2, 0) is 14.3 Å². The Kier molecular flexibility index (Phi) is 8.15. The van der Waals surface area contributed by atoms with Crippen LogP contribution in [0.2, 0.25) is 0 Å². The van der Waals surface area contributed by atoms with Crippen LogP contribution in [0, 0.1) is 0 Å². The summed E-state index contributed by atoms with van der Waals surface area (Å²) in [4.78, 5) is 12.1. The minimum atomic E-state index is -0.525. The molecule has 0 saturated heterocycles. The predicted molar refractivity (Wildman–Crippen MR) is 80.8 cm³/mol. The summed E-state index contributed by atoms with van der Waals surface area (Å²) in [6.45, 7) is 5.32. The molecular formula is C16H31NO3. The lowest BCUT2D eigenvalue weighted by molar-refractivity contribution is -0.151. The number of carbonyl (C=O) groups excluding carboxylic acids is 1. The number of hydrogen-bond acceptors (Lipinski definition) is 4. The van der Waals surface area contributed by atoms with Crippen molar-refractivity contribution >= 4 is 5.97 Å². The van der Waals surface area contributed by atoms with Crippen LogP contribution in [0.15, 0.2) is 0 Å². The number of unbranched alkanes of at least 4 members (excludes halogenated alkanes) is 4. The van der Waals surface area contributed by atoms with E-state index in [-0.39, 0.29) is 12.1 Å². The Morgan fingerprint density at radius 3 is 2.65 bits per heavy atom. The molecule has 2 unspecified atom stereocenters. The molecule has 0 heterocycles. The molecule has 0 bridgehead atoms. The van der Waals surface area contributed by atoms with Gasteiger partial charge in [0, 0.05) is 13.0 Å². The first-order valence-corrected chi connectivity index (χ1v) is 8.16. The summed E-state index contributed by atoms with van der Waals surface area (Å²) in [7, 11) is 1.84. The molecule has 1 N–H and O–H groups in total. The summed E-state index contributed by atoms with van der Waals surface area (Å²) < 4.78 is 11.1. The van der Waals surface area contributed by atoms with Gasteiger partial charge in [0.25, 0.3) is 0 Å². The van der Waals surface area contributed by atoms with Crippen LogP contribution in [0.4, 0.5) is 0 Å². The van der Waals surface area contributed by atoms with Gasteiger partial charge < -0.3 is 14.8 Å². The third-order valence-corrected chi connectivity index (χ3v) is 4.22. The van der Waals surface area contributed by atoms with Crippen LogP contribution >= 0.6 is 0 Å². The van der Waals surface area contributed by atoms with Crippen molar-refractivity contribution in [1.82, 2.24) is 5.32 Å². The molecule has 4 nitrogen and oxygen atoms in total. The molecule has 1 aliphatic rings. The van der Waals surface area contributed by atoms with Crippen LogP contribution in [0.1, 0.15) is 65.2 Å². The number of nitrogens with one attached hydrogen (secondary N) is 1. The first kappa shape index (κ1) is 17.4. The van der Waals surface area contributed by atoms with Crippen LogP contribution in [0.3, 0.4) is 0 Å². The molecule has 0 amide bonds. The Morgan fingerprint density at radius 2 is 2.00 bits per heavy atom. The minimum Gasteiger partial charge on any atom is -0.465 e. The Balaban J connectivity index is 2.25. The van der Waals surface area contributed by atoms with Gasteiger partial charge in [-0.3, -0.25) is 4.79 Å². The normalized spacial score (nSPS) is 25.9. The lowest BCUT2D eigenvalue weighted by Gasteiger charge is -2.26. The summed E-state index contributed by atoms with van der Waals surface area (Å²) >= 11 is 0. The largest absolute Gasteiger partial charge is 0.465 e. The van der Waals surface area contributed by atoms with Crippen LogP contribution in [0.5, 0.6) is 0 Å². The molecular weight excluding hydrogens is 254 g/mol. The second kappa shape index (κ2) is 9.35. The molecule has 1 fully saturated rings. The van der Waals surface area contributed by atoms with Gasteiger partial charge >= 0.3 is 5.97 Å². The average molecular weight is 285 g/mol. The fourth-order valence-electron chi connectivity index (χ4n) is 2.88. The fourth-order valence-corrected chi connectivity index (χ4v) is 2.88. The molecule has 0 aromatic carbocycles. The molecule has 118 valence electrons. The highest BCUT2D eigenvalue weighted by Gasteiger charge is 2.45. The van der Waals surface area contributed by atoms with E-state index in [1.54, 1.807) is 0 Å². The molecule has 0 radical (unpaired) electrons. The van der Waals surface area contributed by atoms with Crippen molar-refractivity contribution in [3.05, 3.63) is 0 Å². The van der Waals surface area contributed by atoms with Crippen molar-refractivity contribution < 1.29 is 14.3 Å². The topological polar surface area (TPSA) is 47.6 Å². The smallest absolute Gasteiger partial charge is 0.326 e. The summed E-state index contributed by atoms with van der Waals surface area (Å²) in [6.07, 6.45) is 8.93. The van der Waals surface area contributed by atoms with Crippen molar-refractivity contribution in [2.75, 3.05) is 20.3 Å².